The normalized spacial score (nSPS) is 13.9. The van der Waals surface area contributed by atoms with E-state index in [0.717, 1.165) is 24.0 Å². The van der Waals surface area contributed by atoms with Gasteiger partial charge < -0.3 is 14.8 Å². The summed E-state index contributed by atoms with van der Waals surface area (Å²) in [6.07, 6.45) is 4.67. The molecule has 3 rings (SSSR count). The number of carbonyl (C=O) groups excluding carboxylic acids is 2. The van der Waals surface area contributed by atoms with Crippen LogP contribution < -0.4 is 10.1 Å². The van der Waals surface area contributed by atoms with Crippen molar-refractivity contribution in [3.63, 3.8) is 0 Å². The van der Waals surface area contributed by atoms with E-state index in [1.54, 1.807) is 12.1 Å². The monoisotopic (exact) mass is 415 g/mol. The molecule has 1 amide bonds. The molecule has 5 nitrogen and oxygen atoms in total. The van der Waals surface area contributed by atoms with E-state index in [1.165, 1.54) is 24.0 Å². The summed E-state index contributed by atoms with van der Waals surface area (Å²) in [4.78, 5) is 24.0. The molecule has 1 N–H and O–H groups in total. The van der Waals surface area contributed by atoms with Crippen molar-refractivity contribution in [2.75, 3.05) is 13.2 Å². The summed E-state index contributed by atoms with van der Waals surface area (Å²) >= 11 is 6.03. The molecule has 0 bridgehead atoms. The van der Waals surface area contributed by atoms with E-state index >= 15 is 0 Å². The number of amides is 1. The molecule has 1 unspecified atom stereocenters. The van der Waals surface area contributed by atoms with Gasteiger partial charge in [-0.05, 0) is 73.9 Å². The zero-order valence-corrected chi connectivity index (χ0v) is 17.6. The zero-order chi connectivity index (χ0) is 20.8. The Morgan fingerprint density at radius 3 is 2.62 bits per heavy atom. The molecule has 0 aromatic heterocycles. The lowest BCUT2D eigenvalue weighted by Gasteiger charge is -2.20. The Bertz CT molecular complexity index is 896. The average Bonchev–Trinajstić information content (AvgIpc) is 2.72. The first-order chi connectivity index (χ1) is 13.9. The molecule has 0 heterocycles. The first-order valence-corrected chi connectivity index (χ1v) is 10.3. The molecule has 154 valence electrons. The first kappa shape index (κ1) is 21.2. The van der Waals surface area contributed by atoms with E-state index in [0.29, 0.717) is 10.8 Å². The van der Waals surface area contributed by atoms with Crippen LogP contribution in [0.3, 0.4) is 0 Å². The van der Waals surface area contributed by atoms with Crippen LogP contribution >= 0.6 is 11.6 Å². The summed E-state index contributed by atoms with van der Waals surface area (Å²) in [5, 5.41) is 3.29. The van der Waals surface area contributed by atoms with E-state index in [9.17, 15) is 9.59 Å². The molecule has 2 aromatic carbocycles. The van der Waals surface area contributed by atoms with Gasteiger partial charge in [0, 0.05) is 0 Å². The second-order valence-corrected chi connectivity index (χ2v) is 7.81. The number of aryl methyl sites for hydroxylation is 3. The number of ether oxygens (including phenoxy) is 2. The molecule has 1 atom stereocenters. The molecule has 0 saturated carbocycles. The molecule has 1 aliphatic carbocycles. The maximum atomic E-state index is 12.1. The highest BCUT2D eigenvalue weighted by atomic mass is 35.5. The van der Waals surface area contributed by atoms with Crippen LogP contribution in [0.5, 0.6) is 5.75 Å². The van der Waals surface area contributed by atoms with Crippen molar-refractivity contribution in [1.82, 2.24) is 5.32 Å². The van der Waals surface area contributed by atoms with Gasteiger partial charge in [-0.15, -0.1) is 0 Å². The Balaban J connectivity index is 1.44. The van der Waals surface area contributed by atoms with Gasteiger partial charge in [0.15, 0.2) is 13.2 Å². The summed E-state index contributed by atoms with van der Waals surface area (Å²) in [6.45, 7) is 3.17. The van der Waals surface area contributed by atoms with Gasteiger partial charge in [0.25, 0.3) is 5.91 Å². The fraction of sp³-hybridized carbons (Fsp3) is 0.391. The third kappa shape index (κ3) is 5.97. The summed E-state index contributed by atoms with van der Waals surface area (Å²) < 4.78 is 10.4. The topological polar surface area (TPSA) is 64.6 Å². The largest absolute Gasteiger partial charge is 0.480 e. The van der Waals surface area contributed by atoms with Gasteiger partial charge in [0.2, 0.25) is 0 Å². The number of benzene rings is 2. The summed E-state index contributed by atoms with van der Waals surface area (Å²) in [5.41, 5.74) is 4.80. The predicted octanol–water partition coefficient (Wildman–Crippen LogP) is 4.33. The average molecular weight is 416 g/mol. The van der Waals surface area contributed by atoms with Gasteiger partial charge in [-0.3, -0.25) is 4.79 Å². The highest BCUT2D eigenvalue weighted by Gasteiger charge is 2.15. The first-order valence-electron chi connectivity index (χ1n) is 9.88. The molecule has 0 saturated heterocycles. The smallest absolute Gasteiger partial charge is 0.344 e. The fourth-order valence-corrected chi connectivity index (χ4v) is 3.61. The van der Waals surface area contributed by atoms with E-state index < -0.39 is 5.97 Å². The van der Waals surface area contributed by atoms with Gasteiger partial charge in [-0.1, -0.05) is 35.9 Å². The summed E-state index contributed by atoms with van der Waals surface area (Å²) in [6, 6.07) is 11.5. The van der Waals surface area contributed by atoms with Crippen molar-refractivity contribution in [3.8, 4) is 5.75 Å². The van der Waals surface area contributed by atoms with Crippen LogP contribution in [0.4, 0.5) is 0 Å². The van der Waals surface area contributed by atoms with Gasteiger partial charge in [-0.25, -0.2) is 4.79 Å². The zero-order valence-electron chi connectivity index (χ0n) is 16.8. The minimum absolute atomic E-state index is 0.157. The van der Waals surface area contributed by atoms with Crippen LogP contribution in [0, 0.1) is 6.92 Å². The predicted molar refractivity (Wildman–Crippen MR) is 112 cm³/mol. The molecule has 2 aromatic rings. The standard InChI is InChI=1S/C23H26ClNO4/c1-15-7-10-20(24)21(11-15)28-14-23(27)29-13-22(26)25-16(2)18-9-8-17-5-3-4-6-19(17)12-18/h7-12,16H,3-6,13-14H2,1-2H3,(H,25,26). The SMILES string of the molecule is Cc1ccc(Cl)c(OCC(=O)OCC(=O)NC(C)c2ccc3c(c2)CCCC3)c1. The molecular weight excluding hydrogens is 390 g/mol. The van der Waals surface area contributed by atoms with E-state index in [1.807, 2.05) is 19.9 Å². The number of fused-ring (bicyclic) bond motifs is 1. The van der Waals surface area contributed by atoms with Crippen LogP contribution in [-0.4, -0.2) is 25.1 Å². The Morgan fingerprint density at radius 2 is 1.83 bits per heavy atom. The lowest BCUT2D eigenvalue weighted by molar-refractivity contribution is -0.150. The molecule has 0 fully saturated rings. The Labute approximate surface area is 176 Å². The molecule has 1 aliphatic rings. The second-order valence-electron chi connectivity index (χ2n) is 7.41. The lowest BCUT2D eigenvalue weighted by atomic mass is 9.89. The summed E-state index contributed by atoms with van der Waals surface area (Å²) in [5.74, 6) is -0.564. The number of esters is 1. The minimum atomic E-state index is -0.626. The van der Waals surface area contributed by atoms with Gasteiger partial charge in [0.1, 0.15) is 5.75 Å². The fourth-order valence-electron chi connectivity index (χ4n) is 3.43. The molecule has 0 aliphatic heterocycles. The van der Waals surface area contributed by atoms with Crippen LogP contribution in [0.1, 0.15) is 48.1 Å². The maximum absolute atomic E-state index is 12.1. The van der Waals surface area contributed by atoms with Crippen LogP contribution in [0.15, 0.2) is 36.4 Å². The summed E-state index contributed by atoms with van der Waals surface area (Å²) in [7, 11) is 0. The van der Waals surface area contributed by atoms with E-state index in [2.05, 4.69) is 23.5 Å². The van der Waals surface area contributed by atoms with E-state index in [4.69, 9.17) is 21.1 Å². The van der Waals surface area contributed by atoms with Crippen molar-refractivity contribution < 1.29 is 19.1 Å². The second kappa shape index (κ2) is 9.79. The van der Waals surface area contributed by atoms with Crippen molar-refractivity contribution in [2.24, 2.45) is 0 Å². The van der Waals surface area contributed by atoms with Gasteiger partial charge in [0.05, 0.1) is 11.1 Å². The highest BCUT2D eigenvalue weighted by molar-refractivity contribution is 6.32. The van der Waals surface area contributed by atoms with Gasteiger partial charge in [-0.2, -0.15) is 0 Å². The molecule has 29 heavy (non-hydrogen) atoms. The van der Waals surface area contributed by atoms with Crippen LogP contribution in [0.2, 0.25) is 5.02 Å². The van der Waals surface area contributed by atoms with Crippen molar-refractivity contribution in [3.05, 3.63) is 63.7 Å². The van der Waals surface area contributed by atoms with Crippen LogP contribution in [-0.2, 0) is 27.2 Å². The Hall–Kier alpha value is -2.53. The highest BCUT2D eigenvalue weighted by Crippen LogP contribution is 2.26. The number of halogens is 1. The minimum Gasteiger partial charge on any atom is -0.480 e. The Kier molecular flexibility index (Phi) is 7.15. The third-order valence-electron chi connectivity index (χ3n) is 5.05. The molecule has 0 radical (unpaired) electrons. The Morgan fingerprint density at radius 1 is 1.07 bits per heavy atom. The molecule has 6 heteroatoms. The van der Waals surface area contributed by atoms with Crippen molar-refractivity contribution >= 4 is 23.5 Å². The van der Waals surface area contributed by atoms with E-state index in [-0.39, 0.29) is 25.2 Å². The third-order valence-corrected chi connectivity index (χ3v) is 5.36. The van der Waals surface area contributed by atoms with Crippen LogP contribution in [0.25, 0.3) is 0 Å². The quantitative estimate of drug-likeness (QED) is 0.684. The molecular formula is C23H26ClNO4. The lowest BCUT2D eigenvalue weighted by Crippen LogP contribution is -2.32. The number of hydrogen-bond donors (Lipinski definition) is 1. The van der Waals surface area contributed by atoms with Crippen molar-refractivity contribution in [1.29, 1.82) is 0 Å². The number of carbonyl (C=O) groups is 2. The number of rotatable bonds is 7. The van der Waals surface area contributed by atoms with Gasteiger partial charge >= 0.3 is 5.97 Å². The maximum Gasteiger partial charge on any atom is 0.344 e. The molecule has 0 spiro atoms. The van der Waals surface area contributed by atoms with Crippen molar-refractivity contribution in [2.45, 2.75) is 45.6 Å². The number of nitrogens with one attached hydrogen (secondary N) is 1. The number of hydrogen-bond acceptors (Lipinski definition) is 4.